The average molecular weight is 242 g/mol. The number of aliphatic carboxylic acids is 1. The van der Waals surface area contributed by atoms with Gasteiger partial charge in [-0.2, -0.15) is 0 Å². The molecule has 5 heteroatoms. The fourth-order valence-corrected chi connectivity index (χ4v) is 2.13. The number of nitrogens with two attached hydrogens (primary N) is 1. The molecule has 0 aromatic carbocycles. The van der Waals surface area contributed by atoms with Gasteiger partial charge < -0.3 is 15.7 Å². The van der Waals surface area contributed by atoms with Crippen LogP contribution in [0.15, 0.2) is 0 Å². The minimum Gasteiger partial charge on any atom is -0.481 e. The number of likely N-dealkylation sites (tertiary alicyclic amines) is 1. The standard InChI is InChI=1S/C12H22N2O3/c1-2-10(13)8-11(15)14-5-3-9(4-6-14)7-12(16)17/h9-10H,2-8,13H2,1H3,(H,16,17). The van der Waals surface area contributed by atoms with Crippen molar-refractivity contribution in [3.05, 3.63) is 0 Å². The second-order valence-corrected chi connectivity index (χ2v) is 4.79. The molecule has 1 atom stereocenters. The van der Waals surface area contributed by atoms with Gasteiger partial charge in [0.25, 0.3) is 0 Å². The highest BCUT2D eigenvalue weighted by atomic mass is 16.4. The summed E-state index contributed by atoms with van der Waals surface area (Å²) in [6.45, 7) is 3.32. The van der Waals surface area contributed by atoms with Crippen LogP contribution in [0.2, 0.25) is 0 Å². The fourth-order valence-electron chi connectivity index (χ4n) is 2.13. The molecule has 3 N–H and O–H groups in total. The minimum absolute atomic E-state index is 0.0563. The number of carboxylic acid groups (broad SMARTS) is 1. The summed E-state index contributed by atoms with van der Waals surface area (Å²) in [5.41, 5.74) is 5.75. The quantitative estimate of drug-likeness (QED) is 0.748. The Bertz CT molecular complexity index is 273. The highest BCUT2D eigenvalue weighted by Crippen LogP contribution is 2.21. The van der Waals surface area contributed by atoms with E-state index in [0.717, 1.165) is 19.3 Å². The lowest BCUT2D eigenvalue weighted by Gasteiger charge is -2.32. The summed E-state index contributed by atoms with van der Waals surface area (Å²) in [6.07, 6.45) is 3.01. The summed E-state index contributed by atoms with van der Waals surface area (Å²) in [6, 6.07) is -0.0563. The number of carbonyl (C=O) groups excluding carboxylic acids is 1. The van der Waals surface area contributed by atoms with Crippen molar-refractivity contribution in [1.29, 1.82) is 0 Å². The normalized spacial score (nSPS) is 19.1. The molecule has 5 nitrogen and oxygen atoms in total. The Labute approximate surface area is 102 Å². The largest absolute Gasteiger partial charge is 0.481 e. The zero-order chi connectivity index (χ0) is 12.8. The Morgan fingerprint density at radius 1 is 1.41 bits per heavy atom. The van der Waals surface area contributed by atoms with Crippen molar-refractivity contribution in [2.75, 3.05) is 13.1 Å². The monoisotopic (exact) mass is 242 g/mol. The minimum atomic E-state index is -0.747. The highest BCUT2D eigenvalue weighted by Gasteiger charge is 2.24. The van der Waals surface area contributed by atoms with Crippen molar-refractivity contribution >= 4 is 11.9 Å². The van der Waals surface area contributed by atoms with Gasteiger partial charge in [-0.25, -0.2) is 0 Å². The summed E-state index contributed by atoms with van der Waals surface area (Å²) < 4.78 is 0. The van der Waals surface area contributed by atoms with Crippen LogP contribution < -0.4 is 5.73 Å². The van der Waals surface area contributed by atoms with E-state index in [-0.39, 0.29) is 24.3 Å². The van der Waals surface area contributed by atoms with Gasteiger partial charge in [0.05, 0.1) is 0 Å². The lowest BCUT2D eigenvalue weighted by Crippen LogP contribution is -2.41. The van der Waals surface area contributed by atoms with Crippen LogP contribution in [-0.4, -0.2) is 41.0 Å². The molecular weight excluding hydrogens is 220 g/mol. The lowest BCUT2D eigenvalue weighted by atomic mass is 9.93. The van der Waals surface area contributed by atoms with Gasteiger partial charge in [0, 0.05) is 32.0 Å². The van der Waals surface area contributed by atoms with Crippen LogP contribution in [0.5, 0.6) is 0 Å². The first kappa shape index (κ1) is 14.0. The van der Waals surface area contributed by atoms with E-state index in [9.17, 15) is 9.59 Å². The van der Waals surface area contributed by atoms with Crippen molar-refractivity contribution in [3.8, 4) is 0 Å². The number of nitrogens with zero attached hydrogens (tertiary/aromatic N) is 1. The molecule has 1 saturated heterocycles. The number of rotatable bonds is 5. The predicted octanol–water partition coefficient (Wildman–Crippen LogP) is 0.827. The molecule has 1 heterocycles. The second kappa shape index (κ2) is 6.59. The van der Waals surface area contributed by atoms with Crippen molar-refractivity contribution in [2.45, 2.75) is 45.1 Å². The first-order valence-corrected chi connectivity index (χ1v) is 6.28. The summed E-state index contributed by atoms with van der Waals surface area (Å²) in [7, 11) is 0. The molecule has 0 aliphatic carbocycles. The van der Waals surface area contributed by atoms with E-state index in [0.29, 0.717) is 19.5 Å². The molecule has 0 radical (unpaired) electrons. The van der Waals surface area contributed by atoms with Gasteiger partial charge in [-0.1, -0.05) is 6.92 Å². The maximum Gasteiger partial charge on any atom is 0.303 e. The molecule has 0 bridgehead atoms. The second-order valence-electron chi connectivity index (χ2n) is 4.79. The third kappa shape index (κ3) is 4.73. The van der Waals surface area contributed by atoms with Crippen LogP contribution in [0.1, 0.15) is 39.0 Å². The number of hydrogen-bond acceptors (Lipinski definition) is 3. The molecule has 1 rings (SSSR count). The molecule has 1 aliphatic heterocycles. The maximum absolute atomic E-state index is 11.8. The Morgan fingerprint density at radius 2 is 2.00 bits per heavy atom. The summed E-state index contributed by atoms with van der Waals surface area (Å²) >= 11 is 0. The molecular formula is C12H22N2O3. The Hall–Kier alpha value is -1.10. The maximum atomic E-state index is 11.8. The van der Waals surface area contributed by atoms with Gasteiger partial charge >= 0.3 is 5.97 Å². The Balaban J connectivity index is 2.31. The number of carbonyl (C=O) groups is 2. The van der Waals surface area contributed by atoms with E-state index in [1.54, 1.807) is 0 Å². The molecule has 0 saturated carbocycles. The third-order valence-corrected chi connectivity index (χ3v) is 3.39. The number of carboxylic acids is 1. The average Bonchev–Trinajstić information content (AvgIpc) is 2.28. The van der Waals surface area contributed by atoms with Crippen LogP contribution in [0.4, 0.5) is 0 Å². The van der Waals surface area contributed by atoms with E-state index in [4.69, 9.17) is 10.8 Å². The first-order valence-electron chi connectivity index (χ1n) is 6.28. The summed E-state index contributed by atoms with van der Waals surface area (Å²) in [4.78, 5) is 24.2. The van der Waals surface area contributed by atoms with E-state index in [2.05, 4.69) is 0 Å². The van der Waals surface area contributed by atoms with Gasteiger partial charge in [0.2, 0.25) is 5.91 Å². The van der Waals surface area contributed by atoms with E-state index >= 15 is 0 Å². The molecule has 1 unspecified atom stereocenters. The van der Waals surface area contributed by atoms with Crippen LogP contribution in [0.3, 0.4) is 0 Å². The van der Waals surface area contributed by atoms with Crippen molar-refractivity contribution in [3.63, 3.8) is 0 Å². The Kier molecular flexibility index (Phi) is 5.41. The fraction of sp³-hybridized carbons (Fsp3) is 0.833. The Morgan fingerprint density at radius 3 is 2.47 bits per heavy atom. The smallest absolute Gasteiger partial charge is 0.303 e. The molecule has 1 aliphatic rings. The van der Waals surface area contributed by atoms with Gasteiger partial charge in [0.1, 0.15) is 0 Å². The molecule has 17 heavy (non-hydrogen) atoms. The molecule has 1 amide bonds. The van der Waals surface area contributed by atoms with E-state index in [1.807, 2.05) is 11.8 Å². The number of hydrogen-bond donors (Lipinski definition) is 2. The zero-order valence-electron chi connectivity index (χ0n) is 10.4. The number of piperidine rings is 1. The van der Waals surface area contributed by atoms with Crippen molar-refractivity contribution in [1.82, 2.24) is 4.90 Å². The lowest BCUT2D eigenvalue weighted by molar-refractivity contribution is -0.138. The molecule has 98 valence electrons. The van der Waals surface area contributed by atoms with Crippen molar-refractivity contribution in [2.24, 2.45) is 11.7 Å². The van der Waals surface area contributed by atoms with Crippen LogP contribution in [0, 0.1) is 5.92 Å². The van der Waals surface area contributed by atoms with Gasteiger partial charge in [0.15, 0.2) is 0 Å². The van der Waals surface area contributed by atoms with Crippen LogP contribution >= 0.6 is 0 Å². The molecule has 0 spiro atoms. The zero-order valence-corrected chi connectivity index (χ0v) is 10.4. The molecule has 0 aromatic heterocycles. The SMILES string of the molecule is CCC(N)CC(=O)N1CCC(CC(=O)O)CC1. The van der Waals surface area contributed by atoms with Crippen molar-refractivity contribution < 1.29 is 14.7 Å². The molecule has 1 fully saturated rings. The molecule has 0 aromatic rings. The topological polar surface area (TPSA) is 83.6 Å². The van der Waals surface area contributed by atoms with E-state index in [1.165, 1.54) is 0 Å². The summed E-state index contributed by atoms with van der Waals surface area (Å²) in [5.74, 6) is -0.424. The van der Waals surface area contributed by atoms with E-state index < -0.39 is 5.97 Å². The highest BCUT2D eigenvalue weighted by molar-refractivity contribution is 5.77. The van der Waals surface area contributed by atoms with Gasteiger partial charge in [-0.3, -0.25) is 9.59 Å². The number of amides is 1. The van der Waals surface area contributed by atoms with Gasteiger partial charge in [-0.05, 0) is 25.2 Å². The third-order valence-electron chi connectivity index (χ3n) is 3.39. The summed E-state index contributed by atoms with van der Waals surface area (Å²) in [5, 5.41) is 8.69. The van der Waals surface area contributed by atoms with Crippen LogP contribution in [0.25, 0.3) is 0 Å². The predicted molar refractivity (Wildman–Crippen MR) is 64.4 cm³/mol. The van der Waals surface area contributed by atoms with Crippen LogP contribution in [-0.2, 0) is 9.59 Å². The van der Waals surface area contributed by atoms with Gasteiger partial charge in [-0.15, -0.1) is 0 Å². The first-order chi connectivity index (χ1) is 8.02.